The van der Waals surface area contributed by atoms with Crippen LogP contribution in [0.2, 0.25) is 0 Å². The lowest BCUT2D eigenvalue weighted by Gasteiger charge is -2.22. The number of benzene rings is 2. The minimum Gasteiger partial charge on any atom is -0.350 e. The van der Waals surface area contributed by atoms with E-state index in [-0.39, 0.29) is 12.2 Å². The van der Waals surface area contributed by atoms with Gasteiger partial charge in [0.05, 0.1) is 18.3 Å². The number of rotatable bonds is 7. The number of carbonyl (C=O) groups excluding carboxylic acids is 1. The van der Waals surface area contributed by atoms with Crippen molar-refractivity contribution >= 4 is 21.6 Å². The summed E-state index contributed by atoms with van der Waals surface area (Å²) < 4.78 is 40.2. The smallest absolute Gasteiger partial charge is 0.241 e. The van der Waals surface area contributed by atoms with E-state index in [4.69, 9.17) is 0 Å². The molecule has 0 saturated heterocycles. The topological polar surface area (TPSA) is 84.3 Å². The first-order valence-corrected chi connectivity index (χ1v) is 10.2. The summed E-state index contributed by atoms with van der Waals surface area (Å²) in [6.07, 6.45) is 6.16. The molecule has 1 heterocycles. The third-order valence-corrected chi connectivity index (χ3v) is 5.15. The Morgan fingerprint density at radius 1 is 1.21 bits per heavy atom. The number of anilines is 1. The standard InChI is InChI=1S/C19H19FN4O3S/c1-28(26,27)24(18-4-2-3-16(20)11-18)13-19(25)22-12-15-5-7-17(8-6-15)23-10-9-21-14-23/h2-11,14H,12-13H2,1H3,(H,22,25). The summed E-state index contributed by atoms with van der Waals surface area (Å²) in [7, 11) is -3.75. The second kappa shape index (κ2) is 8.22. The molecule has 0 aliphatic heterocycles. The minimum atomic E-state index is -3.75. The predicted octanol–water partition coefficient (Wildman–Crippen LogP) is 2.09. The lowest BCUT2D eigenvalue weighted by molar-refractivity contribution is -0.119. The van der Waals surface area contributed by atoms with E-state index in [1.54, 1.807) is 12.5 Å². The van der Waals surface area contributed by atoms with Gasteiger partial charge in [-0.25, -0.2) is 17.8 Å². The van der Waals surface area contributed by atoms with Crippen molar-refractivity contribution in [2.24, 2.45) is 0 Å². The van der Waals surface area contributed by atoms with Crippen LogP contribution in [0.1, 0.15) is 5.56 Å². The number of sulfonamides is 1. The van der Waals surface area contributed by atoms with Gasteiger partial charge < -0.3 is 9.88 Å². The second-order valence-corrected chi connectivity index (χ2v) is 8.07. The first kappa shape index (κ1) is 19.6. The van der Waals surface area contributed by atoms with Crippen LogP contribution in [0.4, 0.5) is 10.1 Å². The van der Waals surface area contributed by atoms with Gasteiger partial charge in [-0.05, 0) is 35.9 Å². The molecule has 0 saturated carbocycles. The number of imidazole rings is 1. The third kappa shape index (κ3) is 4.95. The number of carbonyl (C=O) groups is 1. The Labute approximate surface area is 162 Å². The van der Waals surface area contributed by atoms with Crippen LogP contribution in [-0.2, 0) is 21.4 Å². The molecule has 1 aromatic heterocycles. The number of hydrogen-bond donors (Lipinski definition) is 1. The van der Waals surface area contributed by atoms with E-state index in [1.807, 2.05) is 35.0 Å². The lowest BCUT2D eigenvalue weighted by atomic mass is 10.2. The van der Waals surface area contributed by atoms with Crippen LogP contribution in [0.25, 0.3) is 5.69 Å². The number of hydrogen-bond acceptors (Lipinski definition) is 4. The van der Waals surface area contributed by atoms with Crippen molar-refractivity contribution in [2.45, 2.75) is 6.54 Å². The number of amides is 1. The average Bonchev–Trinajstić information content (AvgIpc) is 3.18. The van der Waals surface area contributed by atoms with Gasteiger partial charge in [0.25, 0.3) is 0 Å². The number of aromatic nitrogens is 2. The molecule has 0 aliphatic carbocycles. The van der Waals surface area contributed by atoms with Crippen molar-refractivity contribution in [3.8, 4) is 5.69 Å². The molecule has 0 aliphatic rings. The van der Waals surface area contributed by atoms with E-state index in [9.17, 15) is 17.6 Å². The normalized spacial score (nSPS) is 11.2. The number of halogens is 1. The van der Waals surface area contributed by atoms with E-state index in [2.05, 4.69) is 10.3 Å². The first-order chi connectivity index (χ1) is 13.3. The van der Waals surface area contributed by atoms with Crippen LogP contribution < -0.4 is 9.62 Å². The highest BCUT2D eigenvalue weighted by Gasteiger charge is 2.21. The fourth-order valence-electron chi connectivity index (χ4n) is 2.62. The lowest BCUT2D eigenvalue weighted by Crippen LogP contribution is -2.40. The van der Waals surface area contributed by atoms with Gasteiger partial charge in [0.1, 0.15) is 12.4 Å². The van der Waals surface area contributed by atoms with Gasteiger partial charge in [-0.2, -0.15) is 0 Å². The summed E-state index contributed by atoms with van der Waals surface area (Å²) in [6.45, 7) is -0.195. The summed E-state index contributed by atoms with van der Waals surface area (Å²) in [6, 6.07) is 12.6. The maximum Gasteiger partial charge on any atom is 0.241 e. The van der Waals surface area contributed by atoms with E-state index < -0.39 is 28.3 Å². The Morgan fingerprint density at radius 3 is 2.57 bits per heavy atom. The third-order valence-electron chi connectivity index (χ3n) is 4.01. The van der Waals surface area contributed by atoms with Crippen LogP contribution >= 0.6 is 0 Å². The minimum absolute atomic E-state index is 0.0994. The zero-order chi connectivity index (χ0) is 20.1. The molecule has 7 nitrogen and oxygen atoms in total. The quantitative estimate of drug-likeness (QED) is 0.656. The summed E-state index contributed by atoms with van der Waals surface area (Å²) >= 11 is 0. The molecule has 0 spiro atoms. The highest BCUT2D eigenvalue weighted by Crippen LogP contribution is 2.18. The Bertz CT molecular complexity index is 1050. The van der Waals surface area contributed by atoms with Crippen molar-refractivity contribution in [2.75, 3.05) is 17.1 Å². The van der Waals surface area contributed by atoms with Crippen LogP contribution in [0.3, 0.4) is 0 Å². The predicted molar refractivity (Wildman–Crippen MR) is 104 cm³/mol. The van der Waals surface area contributed by atoms with Gasteiger partial charge in [0.2, 0.25) is 15.9 Å². The molecule has 0 fully saturated rings. The highest BCUT2D eigenvalue weighted by molar-refractivity contribution is 7.92. The SMILES string of the molecule is CS(=O)(=O)N(CC(=O)NCc1ccc(-n2ccnc2)cc1)c1cccc(F)c1. The molecule has 3 aromatic rings. The maximum atomic E-state index is 13.4. The number of nitrogens with zero attached hydrogens (tertiary/aromatic N) is 3. The van der Waals surface area contributed by atoms with E-state index >= 15 is 0 Å². The molecular weight excluding hydrogens is 383 g/mol. The molecular formula is C19H19FN4O3S. The van der Waals surface area contributed by atoms with Crippen LogP contribution in [0, 0.1) is 5.82 Å². The van der Waals surface area contributed by atoms with Crippen molar-refractivity contribution < 1.29 is 17.6 Å². The van der Waals surface area contributed by atoms with Gasteiger partial charge in [0.15, 0.2) is 0 Å². The van der Waals surface area contributed by atoms with Crippen molar-refractivity contribution in [1.82, 2.24) is 14.9 Å². The van der Waals surface area contributed by atoms with Crippen molar-refractivity contribution in [3.05, 3.63) is 78.6 Å². The number of nitrogens with one attached hydrogen (secondary N) is 1. The molecule has 3 rings (SSSR count). The summed E-state index contributed by atoms with van der Waals surface area (Å²) in [4.78, 5) is 16.2. The van der Waals surface area contributed by atoms with Crippen molar-refractivity contribution in [3.63, 3.8) is 0 Å². The van der Waals surface area contributed by atoms with Gasteiger partial charge in [-0.15, -0.1) is 0 Å². The average molecular weight is 402 g/mol. The summed E-state index contributed by atoms with van der Waals surface area (Å²) in [5.74, 6) is -1.07. The largest absolute Gasteiger partial charge is 0.350 e. The Balaban J connectivity index is 1.63. The van der Waals surface area contributed by atoms with E-state index in [0.717, 1.165) is 27.9 Å². The molecule has 0 unspecified atom stereocenters. The molecule has 1 amide bonds. The van der Waals surface area contributed by atoms with Crippen LogP contribution in [0.5, 0.6) is 0 Å². The summed E-state index contributed by atoms with van der Waals surface area (Å²) in [5, 5.41) is 2.68. The molecule has 2 aromatic carbocycles. The Kier molecular flexibility index (Phi) is 5.74. The molecule has 1 N–H and O–H groups in total. The van der Waals surface area contributed by atoms with Gasteiger partial charge in [-0.1, -0.05) is 18.2 Å². The van der Waals surface area contributed by atoms with Crippen molar-refractivity contribution in [1.29, 1.82) is 0 Å². The fraction of sp³-hybridized carbons (Fsp3) is 0.158. The van der Waals surface area contributed by atoms with Crippen LogP contribution in [0.15, 0.2) is 67.3 Å². The fourth-order valence-corrected chi connectivity index (χ4v) is 3.46. The monoisotopic (exact) mass is 402 g/mol. The zero-order valence-electron chi connectivity index (χ0n) is 15.1. The molecule has 0 bridgehead atoms. The van der Waals surface area contributed by atoms with E-state index in [0.29, 0.717) is 0 Å². The Morgan fingerprint density at radius 2 is 1.96 bits per heavy atom. The first-order valence-electron chi connectivity index (χ1n) is 8.40. The van der Waals surface area contributed by atoms with Gasteiger partial charge in [0, 0.05) is 24.6 Å². The summed E-state index contributed by atoms with van der Waals surface area (Å²) in [5.41, 5.74) is 1.89. The molecule has 0 atom stereocenters. The highest BCUT2D eigenvalue weighted by atomic mass is 32.2. The maximum absolute atomic E-state index is 13.4. The molecule has 0 radical (unpaired) electrons. The zero-order valence-corrected chi connectivity index (χ0v) is 15.9. The van der Waals surface area contributed by atoms with E-state index in [1.165, 1.54) is 18.2 Å². The second-order valence-electron chi connectivity index (χ2n) is 6.16. The van der Waals surface area contributed by atoms with Gasteiger partial charge >= 0.3 is 0 Å². The molecule has 28 heavy (non-hydrogen) atoms. The molecule has 146 valence electrons. The van der Waals surface area contributed by atoms with Crippen LogP contribution in [-0.4, -0.2) is 36.7 Å². The Hall–Kier alpha value is -3.20. The molecule has 9 heteroatoms. The van der Waals surface area contributed by atoms with Gasteiger partial charge in [-0.3, -0.25) is 9.10 Å².